The van der Waals surface area contributed by atoms with Gasteiger partial charge in [-0.3, -0.25) is 4.79 Å². The molecule has 0 bridgehead atoms. The molecule has 5 heteroatoms. The molecular weight excluding hydrogens is 290 g/mol. The van der Waals surface area contributed by atoms with Crippen LogP contribution in [0.3, 0.4) is 0 Å². The van der Waals surface area contributed by atoms with Crippen LogP contribution in [0.1, 0.15) is 47.5 Å². The zero-order chi connectivity index (χ0) is 16.4. The highest BCUT2D eigenvalue weighted by molar-refractivity contribution is 5.95. The number of piperidine rings is 1. The number of likely N-dealkylation sites (tertiary alicyclic amines) is 1. The summed E-state index contributed by atoms with van der Waals surface area (Å²) < 4.78 is 7.74. The lowest BCUT2D eigenvalue weighted by molar-refractivity contribution is 0.0680. The SMILES string of the molecule is CCc1nccn1CC1CCN(C(=O)c2cc(C)oc2C)CC1. The molecule has 23 heavy (non-hydrogen) atoms. The summed E-state index contributed by atoms with van der Waals surface area (Å²) in [6.07, 6.45) is 6.99. The normalized spacial score (nSPS) is 16.0. The van der Waals surface area contributed by atoms with Gasteiger partial charge in [0.05, 0.1) is 5.56 Å². The fourth-order valence-corrected chi connectivity index (χ4v) is 3.43. The van der Waals surface area contributed by atoms with Crippen LogP contribution in [0.2, 0.25) is 0 Å². The Morgan fingerprint density at radius 1 is 1.35 bits per heavy atom. The first-order valence-electron chi connectivity index (χ1n) is 8.44. The molecule has 1 aliphatic heterocycles. The van der Waals surface area contributed by atoms with Gasteiger partial charge in [0.25, 0.3) is 5.91 Å². The molecule has 2 aromatic rings. The van der Waals surface area contributed by atoms with Crippen molar-refractivity contribution in [1.82, 2.24) is 14.5 Å². The van der Waals surface area contributed by atoms with Crippen molar-refractivity contribution >= 4 is 5.91 Å². The van der Waals surface area contributed by atoms with E-state index >= 15 is 0 Å². The van der Waals surface area contributed by atoms with Crippen LogP contribution in [0.25, 0.3) is 0 Å². The summed E-state index contributed by atoms with van der Waals surface area (Å²) in [5.74, 6) is 3.39. The topological polar surface area (TPSA) is 51.3 Å². The summed E-state index contributed by atoms with van der Waals surface area (Å²) in [5, 5.41) is 0. The van der Waals surface area contributed by atoms with E-state index < -0.39 is 0 Å². The van der Waals surface area contributed by atoms with Crippen LogP contribution in [0.15, 0.2) is 22.9 Å². The lowest BCUT2D eigenvalue weighted by atomic mass is 9.96. The first-order valence-corrected chi connectivity index (χ1v) is 8.44. The van der Waals surface area contributed by atoms with E-state index in [2.05, 4.69) is 22.7 Å². The third-order valence-corrected chi connectivity index (χ3v) is 4.75. The van der Waals surface area contributed by atoms with Gasteiger partial charge in [-0.15, -0.1) is 0 Å². The van der Waals surface area contributed by atoms with E-state index in [-0.39, 0.29) is 5.91 Å². The number of furan rings is 1. The molecule has 0 atom stereocenters. The Bertz CT molecular complexity index is 678. The van der Waals surface area contributed by atoms with Crippen LogP contribution in [0.4, 0.5) is 0 Å². The summed E-state index contributed by atoms with van der Waals surface area (Å²) in [7, 11) is 0. The van der Waals surface area contributed by atoms with Crippen molar-refractivity contribution in [2.75, 3.05) is 13.1 Å². The Morgan fingerprint density at radius 2 is 2.09 bits per heavy atom. The zero-order valence-corrected chi connectivity index (χ0v) is 14.2. The maximum atomic E-state index is 12.6. The molecule has 0 aromatic carbocycles. The second-order valence-corrected chi connectivity index (χ2v) is 6.41. The number of carbonyl (C=O) groups excluding carboxylic acids is 1. The second-order valence-electron chi connectivity index (χ2n) is 6.41. The van der Waals surface area contributed by atoms with E-state index in [0.717, 1.165) is 56.2 Å². The first-order chi connectivity index (χ1) is 11.1. The summed E-state index contributed by atoms with van der Waals surface area (Å²) in [5.41, 5.74) is 0.712. The van der Waals surface area contributed by atoms with Gasteiger partial charge in [-0.2, -0.15) is 0 Å². The average Bonchev–Trinajstić information content (AvgIpc) is 3.13. The van der Waals surface area contributed by atoms with Crippen LogP contribution < -0.4 is 0 Å². The van der Waals surface area contributed by atoms with Crippen molar-refractivity contribution in [1.29, 1.82) is 0 Å². The average molecular weight is 315 g/mol. The fourth-order valence-electron chi connectivity index (χ4n) is 3.43. The largest absolute Gasteiger partial charge is 0.466 e. The Labute approximate surface area is 137 Å². The number of imidazole rings is 1. The van der Waals surface area contributed by atoms with Crippen LogP contribution in [0, 0.1) is 19.8 Å². The van der Waals surface area contributed by atoms with E-state index in [1.165, 1.54) is 0 Å². The quantitative estimate of drug-likeness (QED) is 0.870. The van der Waals surface area contributed by atoms with Gasteiger partial charge in [0.1, 0.15) is 17.3 Å². The minimum absolute atomic E-state index is 0.106. The molecule has 1 aliphatic rings. The zero-order valence-electron chi connectivity index (χ0n) is 14.2. The molecule has 0 N–H and O–H groups in total. The third kappa shape index (κ3) is 3.33. The predicted molar refractivity (Wildman–Crippen MR) is 88.4 cm³/mol. The molecule has 0 spiro atoms. The van der Waals surface area contributed by atoms with E-state index in [4.69, 9.17) is 4.42 Å². The highest BCUT2D eigenvalue weighted by Crippen LogP contribution is 2.23. The van der Waals surface area contributed by atoms with Gasteiger partial charge < -0.3 is 13.9 Å². The molecule has 3 rings (SSSR count). The number of aromatic nitrogens is 2. The molecule has 0 unspecified atom stereocenters. The molecule has 3 heterocycles. The van der Waals surface area contributed by atoms with Gasteiger partial charge in [-0.05, 0) is 38.7 Å². The van der Waals surface area contributed by atoms with Gasteiger partial charge in [0, 0.05) is 38.4 Å². The molecule has 5 nitrogen and oxygen atoms in total. The smallest absolute Gasteiger partial charge is 0.257 e. The number of amides is 1. The number of carbonyl (C=O) groups is 1. The van der Waals surface area contributed by atoms with Crippen LogP contribution in [-0.2, 0) is 13.0 Å². The van der Waals surface area contributed by atoms with E-state index in [1.807, 2.05) is 31.0 Å². The summed E-state index contributed by atoms with van der Waals surface area (Å²) >= 11 is 0. The first kappa shape index (κ1) is 15.8. The molecule has 0 radical (unpaired) electrons. The number of nitrogens with zero attached hydrogens (tertiary/aromatic N) is 3. The predicted octanol–water partition coefficient (Wildman–Crippen LogP) is 3.21. The summed E-state index contributed by atoms with van der Waals surface area (Å²) in [6, 6.07) is 1.85. The Kier molecular flexibility index (Phi) is 4.55. The van der Waals surface area contributed by atoms with Crippen LogP contribution in [0.5, 0.6) is 0 Å². The maximum Gasteiger partial charge on any atom is 0.257 e. The van der Waals surface area contributed by atoms with Crippen molar-refractivity contribution in [3.8, 4) is 0 Å². The Balaban J connectivity index is 1.58. The molecule has 0 saturated carbocycles. The summed E-state index contributed by atoms with van der Waals surface area (Å²) in [6.45, 7) is 8.53. The van der Waals surface area contributed by atoms with Crippen molar-refractivity contribution < 1.29 is 9.21 Å². The van der Waals surface area contributed by atoms with Gasteiger partial charge in [0.15, 0.2) is 0 Å². The Morgan fingerprint density at radius 3 is 2.70 bits per heavy atom. The van der Waals surface area contributed by atoms with E-state index in [1.54, 1.807) is 0 Å². The van der Waals surface area contributed by atoms with E-state index in [0.29, 0.717) is 11.5 Å². The second kappa shape index (κ2) is 6.60. The van der Waals surface area contributed by atoms with Gasteiger partial charge in [-0.25, -0.2) is 4.98 Å². The maximum absolute atomic E-state index is 12.6. The van der Waals surface area contributed by atoms with E-state index in [9.17, 15) is 4.79 Å². The lowest BCUT2D eigenvalue weighted by Gasteiger charge is -2.32. The van der Waals surface area contributed by atoms with Crippen LogP contribution in [-0.4, -0.2) is 33.4 Å². The summed E-state index contributed by atoms with van der Waals surface area (Å²) in [4.78, 5) is 19.0. The minimum Gasteiger partial charge on any atom is -0.466 e. The van der Waals surface area contributed by atoms with Gasteiger partial charge in [-0.1, -0.05) is 6.92 Å². The molecule has 124 valence electrons. The Hall–Kier alpha value is -2.04. The lowest BCUT2D eigenvalue weighted by Crippen LogP contribution is -2.39. The van der Waals surface area contributed by atoms with Gasteiger partial charge in [0.2, 0.25) is 0 Å². The molecule has 1 amide bonds. The van der Waals surface area contributed by atoms with Crippen LogP contribution >= 0.6 is 0 Å². The van der Waals surface area contributed by atoms with Crippen molar-refractivity contribution in [3.63, 3.8) is 0 Å². The molecule has 1 saturated heterocycles. The molecule has 2 aromatic heterocycles. The van der Waals surface area contributed by atoms with Crippen molar-refractivity contribution in [2.45, 2.75) is 46.6 Å². The number of hydrogen-bond donors (Lipinski definition) is 0. The molecule has 1 fully saturated rings. The van der Waals surface area contributed by atoms with Crippen molar-refractivity contribution in [2.24, 2.45) is 5.92 Å². The number of rotatable bonds is 4. The third-order valence-electron chi connectivity index (χ3n) is 4.75. The number of hydrogen-bond acceptors (Lipinski definition) is 3. The molecule has 0 aliphatic carbocycles. The van der Waals surface area contributed by atoms with Gasteiger partial charge >= 0.3 is 0 Å². The van der Waals surface area contributed by atoms with Crippen molar-refractivity contribution in [3.05, 3.63) is 41.4 Å². The monoisotopic (exact) mass is 315 g/mol. The standard InChI is InChI=1S/C18H25N3O2/c1-4-17-19-7-10-21(17)12-15-5-8-20(9-6-15)18(22)16-11-13(2)23-14(16)3/h7,10-11,15H,4-6,8-9,12H2,1-3H3. The minimum atomic E-state index is 0.106. The highest BCUT2D eigenvalue weighted by atomic mass is 16.3. The molecular formula is C18H25N3O2. The highest BCUT2D eigenvalue weighted by Gasteiger charge is 2.26. The fraction of sp³-hybridized carbons (Fsp3) is 0.556. The number of aryl methyl sites for hydroxylation is 3.